The fourth-order valence-corrected chi connectivity index (χ4v) is 1.80. The summed E-state index contributed by atoms with van der Waals surface area (Å²) < 4.78 is 0. The summed E-state index contributed by atoms with van der Waals surface area (Å²) in [7, 11) is 0. The molecule has 0 aliphatic rings. The molecule has 0 saturated heterocycles. The monoisotopic (exact) mass is 244 g/mol. The first-order valence-corrected chi connectivity index (χ1v) is 5.92. The normalized spacial score (nSPS) is 14.1. The van der Waals surface area contributed by atoms with E-state index in [4.69, 9.17) is 0 Å². The number of anilines is 1. The summed E-state index contributed by atoms with van der Waals surface area (Å²) in [6.07, 6.45) is 2.18. The predicted octanol–water partition coefficient (Wildman–Crippen LogP) is 2.90. The van der Waals surface area contributed by atoms with E-state index in [0.29, 0.717) is 6.42 Å². The average molecular weight is 244 g/mol. The Morgan fingerprint density at radius 1 is 1.39 bits per heavy atom. The molecule has 0 spiro atoms. The number of aliphatic carboxylic acids is 1. The van der Waals surface area contributed by atoms with E-state index >= 15 is 0 Å². The molecule has 0 fully saturated rings. The van der Waals surface area contributed by atoms with Crippen LogP contribution in [0.15, 0.2) is 36.5 Å². The van der Waals surface area contributed by atoms with Gasteiger partial charge in [-0.1, -0.05) is 25.1 Å². The van der Waals surface area contributed by atoms with Crippen LogP contribution in [0.5, 0.6) is 0 Å². The second kappa shape index (κ2) is 4.64. The number of hydrogen-bond acceptors (Lipinski definition) is 3. The lowest BCUT2D eigenvalue weighted by atomic mass is 9.98. The minimum absolute atomic E-state index is 0.499. The summed E-state index contributed by atoms with van der Waals surface area (Å²) in [5.74, 6) is -0.856. The van der Waals surface area contributed by atoms with E-state index in [1.807, 2.05) is 31.2 Å². The van der Waals surface area contributed by atoms with Crippen molar-refractivity contribution in [2.24, 2.45) is 0 Å². The highest BCUT2D eigenvalue weighted by molar-refractivity contribution is 5.93. The van der Waals surface area contributed by atoms with E-state index in [1.165, 1.54) is 0 Å². The van der Waals surface area contributed by atoms with Gasteiger partial charge in [-0.25, -0.2) is 4.79 Å². The van der Waals surface area contributed by atoms with Gasteiger partial charge in [0, 0.05) is 17.3 Å². The molecule has 0 saturated carbocycles. The van der Waals surface area contributed by atoms with Crippen molar-refractivity contribution >= 4 is 22.6 Å². The van der Waals surface area contributed by atoms with Crippen LogP contribution in [-0.4, -0.2) is 21.6 Å². The molecule has 1 unspecified atom stereocenters. The fraction of sp³-hybridized carbons (Fsp3) is 0.286. The summed E-state index contributed by atoms with van der Waals surface area (Å²) in [6, 6.07) is 9.47. The number of carboxylic acid groups (broad SMARTS) is 1. The number of nitrogens with one attached hydrogen (secondary N) is 1. The third-order valence-electron chi connectivity index (χ3n) is 3.24. The second-order valence-electron chi connectivity index (χ2n) is 4.49. The maximum atomic E-state index is 11.3. The Labute approximate surface area is 106 Å². The van der Waals surface area contributed by atoms with Crippen LogP contribution in [0.3, 0.4) is 0 Å². The van der Waals surface area contributed by atoms with Crippen LogP contribution in [0.25, 0.3) is 10.9 Å². The topological polar surface area (TPSA) is 62.2 Å². The minimum atomic E-state index is -0.968. The summed E-state index contributed by atoms with van der Waals surface area (Å²) in [4.78, 5) is 15.6. The number of carboxylic acids is 1. The molecule has 2 N–H and O–H groups in total. The Kier molecular flexibility index (Phi) is 3.19. The van der Waals surface area contributed by atoms with Gasteiger partial charge in [0.2, 0.25) is 0 Å². The largest absolute Gasteiger partial charge is 0.480 e. The molecule has 0 radical (unpaired) electrons. The lowest BCUT2D eigenvalue weighted by Gasteiger charge is -2.26. The van der Waals surface area contributed by atoms with Crippen LogP contribution < -0.4 is 5.32 Å². The van der Waals surface area contributed by atoms with Gasteiger partial charge in [-0.15, -0.1) is 0 Å². The maximum absolute atomic E-state index is 11.3. The van der Waals surface area contributed by atoms with Crippen molar-refractivity contribution in [1.29, 1.82) is 0 Å². The highest BCUT2D eigenvalue weighted by Crippen LogP contribution is 2.25. The molecule has 18 heavy (non-hydrogen) atoms. The molecular formula is C14H16N2O2. The van der Waals surface area contributed by atoms with Gasteiger partial charge in [0.25, 0.3) is 0 Å². The smallest absolute Gasteiger partial charge is 0.329 e. The van der Waals surface area contributed by atoms with Crippen molar-refractivity contribution in [1.82, 2.24) is 4.98 Å². The van der Waals surface area contributed by atoms with Crippen LogP contribution in [0.1, 0.15) is 20.3 Å². The first-order valence-electron chi connectivity index (χ1n) is 5.92. The Morgan fingerprint density at radius 3 is 2.78 bits per heavy atom. The fourth-order valence-electron chi connectivity index (χ4n) is 1.80. The molecule has 0 amide bonds. The van der Waals surface area contributed by atoms with Crippen molar-refractivity contribution in [3.63, 3.8) is 0 Å². The Balaban J connectivity index is 2.46. The van der Waals surface area contributed by atoms with Crippen LogP contribution in [0.2, 0.25) is 0 Å². The minimum Gasteiger partial charge on any atom is -0.480 e. The average Bonchev–Trinajstić information content (AvgIpc) is 2.39. The number of aromatic nitrogens is 1. The molecule has 4 nitrogen and oxygen atoms in total. The SMILES string of the molecule is CCC(C)(Nc1ccnc2ccccc12)C(=O)O. The third-order valence-corrected chi connectivity index (χ3v) is 3.24. The van der Waals surface area contributed by atoms with E-state index in [0.717, 1.165) is 16.6 Å². The van der Waals surface area contributed by atoms with Gasteiger partial charge in [0.05, 0.1) is 5.52 Å². The third kappa shape index (κ3) is 2.14. The lowest BCUT2D eigenvalue weighted by molar-refractivity contribution is -0.141. The van der Waals surface area contributed by atoms with E-state index in [1.54, 1.807) is 19.2 Å². The quantitative estimate of drug-likeness (QED) is 0.868. The van der Waals surface area contributed by atoms with Crippen LogP contribution in [0, 0.1) is 0 Å². The summed E-state index contributed by atoms with van der Waals surface area (Å²) in [5.41, 5.74) is 0.683. The number of carbonyl (C=O) groups is 1. The van der Waals surface area contributed by atoms with Crippen molar-refractivity contribution < 1.29 is 9.90 Å². The first-order chi connectivity index (χ1) is 8.57. The zero-order valence-corrected chi connectivity index (χ0v) is 10.5. The molecule has 1 aromatic carbocycles. The molecule has 4 heteroatoms. The zero-order valence-electron chi connectivity index (χ0n) is 10.5. The number of nitrogens with zero attached hydrogens (tertiary/aromatic N) is 1. The Hall–Kier alpha value is -2.10. The van der Waals surface area contributed by atoms with Crippen LogP contribution in [-0.2, 0) is 4.79 Å². The lowest BCUT2D eigenvalue weighted by Crippen LogP contribution is -2.42. The summed E-state index contributed by atoms with van der Waals surface area (Å²) >= 11 is 0. The Morgan fingerprint density at radius 2 is 2.11 bits per heavy atom. The number of fused-ring (bicyclic) bond motifs is 1. The first kappa shape index (κ1) is 12.4. The standard InChI is InChI=1S/C14H16N2O2/c1-3-14(2,13(17)18)16-12-8-9-15-11-7-5-4-6-10(11)12/h4-9H,3H2,1-2H3,(H,15,16)(H,17,18). The molecule has 1 heterocycles. The molecule has 0 aliphatic carbocycles. The van der Waals surface area contributed by atoms with E-state index < -0.39 is 11.5 Å². The van der Waals surface area contributed by atoms with Crippen molar-refractivity contribution in [2.75, 3.05) is 5.32 Å². The van der Waals surface area contributed by atoms with Gasteiger partial charge in [-0.2, -0.15) is 0 Å². The molecule has 0 bridgehead atoms. The molecule has 94 valence electrons. The van der Waals surface area contributed by atoms with Gasteiger partial charge >= 0.3 is 5.97 Å². The molecular weight excluding hydrogens is 228 g/mol. The number of hydrogen-bond donors (Lipinski definition) is 2. The maximum Gasteiger partial charge on any atom is 0.329 e. The molecule has 2 rings (SSSR count). The highest BCUT2D eigenvalue weighted by atomic mass is 16.4. The molecule has 0 aliphatic heterocycles. The number of pyridine rings is 1. The summed E-state index contributed by atoms with van der Waals surface area (Å²) in [5, 5.41) is 13.3. The van der Waals surface area contributed by atoms with E-state index in [2.05, 4.69) is 10.3 Å². The highest BCUT2D eigenvalue weighted by Gasteiger charge is 2.31. The van der Waals surface area contributed by atoms with Gasteiger partial charge in [0.1, 0.15) is 5.54 Å². The number of benzene rings is 1. The van der Waals surface area contributed by atoms with Crippen LogP contribution >= 0.6 is 0 Å². The molecule has 1 atom stereocenters. The van der Waals surface area contributed by atoms with Gasteiger partial charge < -0.3 is 10.4 Å². The molecule has 2 aromatic rings. The number of rotatable bonds is 4. The van der Waals surface area contributed by atoms with Crippen molar-refractivity contribution in [3.05, 3.63) is 36.5 Å². The van der Waals surface area contributed by atoms with Crippen molar-refractivity contribution in [2.45, 2.75) is 25.8 Å². The number of para-hydroxylation sites is 1. The van der Waals surface area contributed by atoms with Gasteiger partial charge in [-0.05, 0) is 25.5 Å². The van der Waals surface area contributed by atoms with Crippen LogP contribution in [0.4, 0.5) is 5.69 Å². The predicted molar refractivity (Wildman–Crippen MR) is 71.7 cm³/mol. The van der Waals surface area contributed by atoms with Crippen molar-refractivity contribution in [3.8, 4) is 0 Å². The van der Waals surface area contributed by atoms with E-state index in [-0.39, 0.29) is 0 Å². The zero-order chi connectivity index (χ0) is 13.2. The van der Waals surface area contributed by atoms with E-state index in [9.17, 15) is 9.90 Å². The van der Waals surface area contributed by atoms with Gasteiger partial charge in [-0.3, -0.25) is 4.98 Å². The summed E-state index contributed by atoms with van der Waals surface area (Å²) in [6.45, 7) is 3.54. The molecule has 1 aromatic heterocycles. The second-order valence-corrected chi connectivity index (χ2v) is 4.49. The van der Waals surface area contributed by atoms with Gasteiger partial charge in [0.15, 0.2) is 0 Å². The Bertz CT molecular complexity index is 578.